The third-order valence-corrected chi connectivity index (χ3v) is 8.59. The molecule has 1 saturated carbocycles. The van der Waals surface area contributed by atoms with E-state index in [1.54, 1.807) is 29.2 Å². The molecule has 40 heavy (non-hydrogen) atoms. The van der Waals surface area contributed by atoms with Gasteiger partial charge in [-0.15, -0.1) is 0 Å². The lowest BCUT2D eigenvalue weighted by molar-refractivity contribution is -0.141. The second kappa shape index (κ2) is 15.6. The summed E-state index contributed by atoms with van der Waals surface area (Å²) in [6, 6.07) is 16.5. The highest BCUT2D eigenvalue weighted by Crippen LogP contribution is 2.30. The number of para-hydroxylation sites is 2. The first-order valence-electron chi connectivity index (χ1n) is 14.6. The first kappa shape index (κ1) is 31.5. The lowest BCUT2D eigenvalue weighted by atomic mass is 9.95. The van der Waals surface area contributed by atoms with Crippen molar-refractivity contribution in [3.63, 3.8) is 0 Å². The molecule has 9 heteroatoms. The Kier molecular flexibility index (Phi) is 12.3. The summed E-state index contributed by atoms with van der Waals surface area (Å²) in [5, 5.41) is 3.20. The molecule has 0 aromatic heterocycles. The maximum atomic E-state index is 13.7. The molecule has 0 unspecified atom stereocenters. The molecule has 2 aromatic carbocycles. The van der Waals surface area contributed by atoms with Crippen molar-refractivity contribution in [1.29, 1.82) is 0 Å². The normalized spacial score (nSPS) is 14.8. The lowest BCUT2D eigenvalue weighted by Gasteiger charge is -2.33. The Bertz CT molecular complexity index is 1180. The molecule has 8 nitrogen and oxygen atoms in total. The number of nitrogens with one attached hydrogen (secondary N) is 1. The van der Waals surface area contributed by atoms with E-state index in [0.29, 0.717) is 43.9 Å². The van der Waals surface area contributed by atoms with E-state index in [2.05, 4.69) is 5.32 Å². The molecule has 1 aliphatic rings. The van der Waals surface area contributed by atoms with E-state index in [9.17, 15) is 18.0 Å². The van der Waals surface area contributed by atoms with Crippen LogP contribution in [0.2, 0.25) is 0 Å². The number of benzene rings is 2. The molecule has 1 atom stereocenters. The van der Waals surface area contributed by atoms with Gasteiger partial charge in [0.25, 0.3) is 0 Å². The average molecular weight is 572 g/mol. The van der Waals surface area contributed by atoms with Gasteiger partial charge >= 0.3 is 0 Å². The molecule has 0 spiro atoms. The van der Waals surface area contributed by atoms with Crippen LogP contribution in [0.3, 0.4) is 0 Å². The quantitative estimate of drug-likeness (QED) is 0.327. The topological polar surface area (TPSA) is 96.0 Å². The summed E-state index contributed by atoms with van der Waals surface area (Å²) in [5.74, 6) is 0.240. The number of amides is 2. The molecule has 0 heterocycles. The number of hydrogen-bond acceptors (Lipinski definition) is 5. The largest absolute Gasteiger partial charge is 0.492 e. The minimum absolute atomic E-state index is 0.0979. The predicted molar refractivity (Wildman–Crippen MR) is 160 cm³/mol. The minimum atomic E-state index is -3.61. The van der Waals surface area contributed by atoms with E-state index < -0.39 is 16.1 Å². The van der Waals surface area contributed by atoms with E-state index >= 15 is 0 Å². The van der Waals surface area contributed by atoms with Crippen LogP contribution in [0, 0.1) is 0 Å². The molecule has 0 saturated heterocycles. The van der Waals surface area contributed by atoms with Crippen molar-refractivity contribution in [2.75, 3.05) is 30.3 Å². The van der Waals surface area contributed by atoms with Gasteiger partial charge in [-0.3, -0.25) is 13.9 Å². The van der Waals surface area contributed by atoms with E-state index in [1.165, 1.54) is 10.7 Å². The van der Waals surface area contributed by atoms with Gasteiger partial charge in [-0.1, -0.05) is 68.7 Å². The number of hydrogen-bond donors (Lipinski definition) is 1. The molecule has 1 N–H and O–H groups in total. The summed E-state index contributed by atoms with van der Waals surface area (Å²) in [6.45, 7) is 4.74. The smallest absolute Gasteiger partial charge is 0.243 e. The summed E-state index contributed by atoms with van der Waals surface area (Å²) in [7, 11) is -3.61. The second-order valence-corrected chi connectivity index (χ2v) is 12.3. The summed E-state index contributed by atoms with van der Waals surface area (Å²) < 4.78 is 32.4. The molecule has 2 aromatic rings. The van der Waals surface area contributed by atoms with Gasteiger partial charge in [0.1, 0.15) is 11.8 Å². The van der Waals surface area contributed by atoms with Crippen LogP contribution < -0.4 is 14.4 Å². The molecule has 0 radical (unpaired) electrons. The van der Waals surface area contributed by atoms with E-state index in [1.807, 2.05) is 44.2 Å². The summed E-state index contributed by atoms with van der Waals surface area (Å²) in [6.07, 6.45) is 8.13. The second-order valence-electron chi connectivity index (χ2n) is 10.4. The van der Waals surface area contributed by atoms with Gasteiger partial charge in [0, 0.05) is 25.6 Å². The predicted octanol–water partition coefficient (Wildman–Crippen LogP) is 4.93. The van der Waals surface area contributed by atoms with Gasteiger partial charge < -0.3 is 15.0 Å². The van der Waals surface area contributed by atoms with E-state index in [4.69, 9.17) is 4.74 Å². The van der Waals surface area contributed by atoms with Crippen LogP contribution in [-0.4, -0.2) is 63.2 Å². The van der Waals surface area contributed by atoms with Crippen LogP contribution in [0.4, 0.5) is 5.69 Å². The van der Waals surface area contributed by atoms with Crippen LogP contribution >= 0.6 is 0 Å². The van der Waals surface area contributed by atoms with Crippen LogP contribution in [-0.2, 0) is 26.0 Å². The fraction of sp³-hybridized carbons (Fsp3) is 0.548. The highest BCUT2D eigenvalue weighted by molar-refractivity contribution is 7.92. The third kappa shape index (κ3) is 9.25. The van der Waals surface area contributed by atoms with Crippen LogP contribution in [0.1, 0.15) is 70.8 Å². The van der Waals surface area contributed by atoms with Crippen molar-refractivity contribution in [3.8, 4) is 5.75 Å². The van der Waals surface area contributed by atoms with Crippen molar-refractivity contribution < 1.29 is 22.7 Å². The number of anilines is 1. The Hall–Kier alpha value is -3.07. The summed E-state index contributed by atoms with van der Waals surface area (Å²) in [4.78, 5) is 28.7. The number of carbonyl (C=O) groups is 2. The maximum Gasteiger partial charge on any atom is 0.243 e. The van der Waals surface area contributed by atoms with Gasteiger partial charge in [-0.05, 0) is 56.7 Å². The van der Waals surface area contributed by atoms with Crippen LogP contribution in [0.5, 0.6) is 5.75 Å². The van der Waals surface area contributed by atoms with E-state index in [-0.39, 0.29) is 30.8 Å². The zero-order valence-corrected chi connectivity index (χ0v) is 25.0. The Balaban J connectivity index is 1.73. The van der Waals surface area contributed by atoms with Gasteiger partial charge in [0.15, 0.2) is 0 Å². The molecule has 0 bridgehead atoms. The number of sulfonamides is 1. The summed E-state index contributed by atoms with van der Waals surface area (Å²) in [5.41, 5.74) is 1.55. The van der Waals surface area contributed by atoms with Gasteiger partial charge in [-0.2, -0.15) is 0 Å². The highest BCUT2D eigenvalue weighted by Gasteiger charge is 2.30. The third-order valence-electron chi connectivity index (χ3n) is 7.41. The zero-order valence-electron chi connectivity index (χ0n) is 24.2. The zero-order chi connectivity index (χ0) is 29.0. The molecule has 1 fully saturated rings. The van der Waals surface area contributed by atoms with Crippen LogP contribution in [0.15, 0.2) is 54.6 Å². The monoisotopic (exact) mass is 571 g/mol. The molecular formula is C31H45N3O5S. The fourth-order valence-electron chi connectivity index (χ4n) is 5.36. The molecule has 220 valence electrons. The Morgan fingerprint density at radius 1 is 0.975 bits per heavy atom. The van der Waals surface area contributed by atoms with E-state index in [0.717, 1.165) is 37.5 Å². The van der Waals surface area contributed by atoms with Crippen molar-refractivity contribution in [2.24, 2.45) is 0 Å². The lowest BCUT2D eigenvalue weighted by Crippen LogP contribution is -2.52. The van der Waals surface area contributed by atoms with Crippen molar-refractivity contribution in [1.82, 2.24) is 10.2 Å². The first-order valence-corrected chi connectivity index (χ1v) is 16.4. The van der Waals surface area contributed by atoms with Crippen LogP contribution in [0.25, 0.3) is 0 Å². The van der Waals surface area contributed by atoms with Gasteiger partial charge in [0.05, 0.1) is 18.6 Å². The van der Waals surface area contributed by atoms with Crippen molar-refractivity contribution in [2.45, 2.75) is 83.7 Å². The Morgan fingerprint density at radius 3 is 2.30 bits per heavy atom. The van der Waals surface area contributed by atoms with Gasteiger partial charge in [0.2, 0.25) is 21.8 Å². The average Bonchev–Trinajstić information content (AvgIpc) is 2.94. The Morgan fingerprint density at radius 2 is 1.65 bits per heavy atom. The first-order chi connectivity index (χ1) is 19.2. The standard InChI is InChI=1S/C31H45N3O5S/c1-4-27(31(36)32-26-17-10-7-11-18-26)33(24-22-25-15-8-6-9-16-25)30(35)21-14-23-34(40(3,37)38)28-19-12-13-20-29(28)39-5-2/h6,8-9,12-13,15-16,19-20,26-27H,4-5,7,10-11,14,17-18,21-24H2,1-3H3,(H,32,36)/t27-/m0/s1. The molecular weight excluding hydrogens is 526 g/mol. The van der Waals surface area contributed by atoms with Crippen molar-refractivity contribution >= 4 is 27.5 Å². The van der Waals surface area contributed by atoms with Crippen molar-refractivity contribution in [3.05, 3.63) is 60.2 Å². The molecule has 2 amide bonds. The Labute approximate surface area is 240 Å². The highest BCUT2D eigenvalue weighted by atomic mass is 32.2. The molecule has 0 aliphatic heterocycles. The fourth-order valence-corrected chi connectivity index (χ4v) is 6.33. The number of rotatable bonds is 15. The molecule has 1 aliphatic carbocycles. The van der Waals surface area contributed by atoms with Gasteiger partial charge in [-0.25, -0.2) is 8.42 Å². The number of nitrogens with zero attached hydrogens (tertiary/aromatic N) is 2. The number of carbonyl (C=O) groups excluding carboxylic acids is 2. The number of ether oxygens (including phenoxy) is 1. The SMILES string of the molecule is CCOc1ccccc1N(CCCC(=O)N(CCc1ccccc1)[C@@H](CC)C(=O)NC1CCCCC1)S(C)(=O)=O. The molecule has 3 rings (SSSR count). The minimum Gasteiger partial charge on any atom is -0.492 e. The maximum absolute atomic E-state index is 13.7. The summed E-state index contributed by atoms with van der Waals surface area (Å²) >= 11 is 0.